The Labute approximate surface area is 136 Å². The van der Waals surface area contributed by atoms with Crippen molar-refractivity contribution in [2.75, 3.05) is 13.1 Å². The largest absolute Gasteiger partial charge is 0.366 e. The molecule has 0 saturated heterocycles. The predicted octanol–water partition coefficient (Wildman–Crippen LogP) is 1.34. The summed E-state index contributed by atoms with van der Waals surface area (Å²) >= 11 is 0. The maximum atomic E-state index is 11.2. The lowest BCUT2D eigenvalue weighted by Crippen LogP contribution is -2.38. The molecule has 0 atom stereocenters. The fourth-order valence-corrected chi connectivity index (χ4v) is 2.16. The number of guanidine groups is 1. The SMILES string of the molecule is CCNC(=NCc1cccc(C(N)=O)c1)NCCn1cccc1. The van der Waals surface area contributed by atoms with E-state index in [-0.39, 0.29) is 0 Å². The van der Waals surface area contributed by atoms with Crippen LogP contribution in [0.25, 0.3) is 0 Å². The minimum Gasteiger partial charge on any atom is -0.366 e. The summed E-state index contributed by atoms with van der Waals surface area (Å²) in [6, 6.07) is 11.2. The van der Waals surface area contributed by atoms with Crippen LogP contribution in [0.15, 0.2) is 53.8 Å². The van der Waals surface area contributed by atoms with E-state index in [1.54, 1.807) is 12.1 Å². The van der Waals surface area contributed by atoms with Crippen molar-refractivity contribution < 1.29 is 4.79 Å². The standard InChI is InChI=1S/C17H23N5O/c1-2-19-17(20-8-11-22-9-3-4-10-22)21-13-14-6-5-7-15(12-14)16(18)23/h3-7,9-10,12H,2,8,11,13H2,1H3,(H2,18,23)(H2,19,20,21). The number of nitrogens with zero attached hydrogens (tertiary/aromatic N) is 2. The van der Waals surface area contributed by atoms with Crippen LogP contribution in [0.3, 0.4) is 0 Å². The minimum atomic E-state index is -0.424. The molecule has 1 amide bonds. The third-order valence-electron chi connectivity index (χ3n) is 3.30. The van der Waals surface area contributed by atoms with Crippen LogP contribution in [-0.2, 0) is 13.1 Å². The van der Waals surface area contributed by atoms with Crippen molar-refractivity contribution in [1.82, 2.24) is 15.2 Å². The quantitative estimate of drug-likeness (QED) is 0.533. The Morgan fingerprint density at radius 2 is 2.00 bits per heavy atom. The molecule has 4 N–H and O–H groups in total. The smallest absolute Gasteiger partial charge is 0.248 e. The lowest BCUT2D eigenvalue weighted by molar-refractivity contribution is 0.1000. The van der Waals surface area contributed by atoms with Crippen LogP contribution >= 0.6 is 0 Å². The number of benzene rings is 1. The van der Waals surface area contributed by atoms with Gasteiger partial charge in [-0.25, -0.2) is 4.99 Å². The zero-order chi connectivity index (χ0) is 16.5. The van der Waals surface area contributed by atoms with Gasteiger partial charge in [0.1, 0.15) is 0 Å². The van der Waals surface area contributed by atoms with Crippen molar-refractivity contribution in [3.8, 4) is 0 Å². The van der Waals surface area contributed by atoms with Crippen molar-refractivity contribution in [2.24, 2.45) is 10.7 Å². The number of aliphatic imine (C=N–C) groups is 1. The molecule has 0 radical (unpaired) electrons. The van der Waals surface area contributed by atoms with Gasteiger partial charge in [-0.3, -0.25) is 4.79 Å². The molecule has 0 aliphatic rings. The van der Waals surface area contributed by atoms with Gasteiger partial charge in [0, 0.05) is 37.6 Å². The highest BCUT2D eigenvalue weighted by atomic mass is 16.1. The van der Waals surface area contributed by atoms with Crippen molar-refractivity contribution in [2.45, 2.75) is 20.0 Å². The third kappa shape index (κ3) is 5.50. The second-order valence-corrected chi connectivity index (χ2v) is 5.11. The van der Waals surface area contributed by atoms with Crippen LogP contribution in [0, 0.1) is 0 Å². The number of hydrogen-bond acceptors (Lipinski definition) is 2. The molecule has 6 nitrogen and oxygen atoms in total. The molecule has 0 aliphatic carbocycles. The third-order valence-corrected chi connectivity index (χ3v) is 3.30. The average Bonchev–Trinajstić information content (AvgIpc) is 3.06. The molecule has 0 saturated carbocycles. The molecule has 1 aromatic carbocycles. The molecule has 122 valence electrons. The second-order valence-electron chi connectivity index (χ2n) is 5.11. The lowest BCUT2D eigenvalue weighted by Gasteiger charge is -2.12. The first-order chi connectivity index (χ1) is 11.2. The summed E-state index contributed by atoms with van der Waals surface area (Å²) in [4.78, 5) is 15.7. The minimum absolute atomic E-state index is 0.424. The van der Waals surface area contributed by atoms with E-state index in [9.17, 15) is 4.79 Å². The normalized spacial score (nSPS) is 11.3. The summed E-state index contributed by atoms with van der Waals surface area (Å²) in [7, 11) is 0. The first-order valence-corrected chi connectivity index (χ1v) is 7.70. The number of nitrogens with two attached hydrogens (primary N) is 1. The van der Waals surface area contributed by atoms with E-state index in [2.05, 4.69) is 20.2 Å². The van der Waals surface area contributed by atoms with Gasteiger partial charge < -0.3 is 20.9 Å². The number of amides is 1. The van der Waals surface area contributed by atoms with E-state index in [0.717, 1.165) is 31.2 Å². The zero-order valence-corrected chi connectivity index (χ0v) is 13.3. The Balaban J connectivity index is 1.92. The number of carbonyl (C=O) groups excluding carboxylic acids is 1. The second kappa shape index (κ2) is 8.63. The summed E-state index contributed by atoms with van der Waals surface area (Å²) < 4.78 is 2.10. The Morgan fingerprint density at radius 1 is 1.22 bits per heavy atom. The first-order valence-electron chi connectivity index (χ1n) is 7.70. The Hall–Kier alpha value is -2.76. The fourth-order valence-electron chi connectivity index (χ4n) is 2.16. The van der Waals surface area contributed by atoms with Gasteiger partial charge in [-0.2, -0.15) is 0 Å². The fraction of sp³-hybridized carbons (Fsp3) is 0.294. The molecular weight excluding hydrogens is 290 g/mol. The van der Waals surface area contributed by atoms with E-state index in [1.807, 2.05) is 43.6 Å². The highest BCUT2D eigenvalue weighted by Crippen LogP contribution is 2.06. The first kappa shape index (κ1) is 16.6. The van der Waals surface area contributed by atoms with Gasteiger partial charge in [0.25, 0.3) is 0 Å². The molecule has 1 heterocycles. The lowest BCUT2D eigenvalue weighted by atomic mass is 10.1. The van der Waals surface area contributed by atoms with E-state index >= 15 is 0 Å². The van der Waals surface area contributed by atoms with Gasteiger partial charge >= 0.3 is 0 Å². The van der Waals surface area contributed by atoms with E-state index in [0.29, 0.717) is 12.1 Å². The summed E-state index contributed by atoms with van der Waals surface area (Å²) in [6.45, 7) is 4.95. The number of carbonyl (C=O) groups is 1. The van der Waals surface area contributed by atoms with Crippen molar-refractivity contribution in [3.05, 3.63) is 59.9 Å². The highest BCUT2D eigenvalue weighted by molar-refractivity contribution is 5.92. The zero-order valence-electron chi connectivity index (χ0n) is 13.3. The van der Waals surface area contributed by atoms with Crippen LogP contribution in [-0.4, -0.2) is 29.5 Å². The summed E-state index contributed by atoms with van der Waals surface area (Å²) in [5.41, 5.74) is 6.75. The Morgan fingerprint density at radius 3 is 2.70 bits per heavy atom. The van der Waals surface area contributed by atoms with E-state index in [4.69, 9.17) is 5.73 Å². The van der Waals surface area contributed by atoms with E-state index in [1.165, 1.54) is 0 Å². The summed E-state index contributed by atoms with van der Waals surface area (Å²) in [5, 5.41) is 6.50. The topological polar surface area (TPSA) is 84.4 Å². The van der Waals surface area contributed by atoms with Gasteiger partial charge in [0.15, 0.2) is 5.96 Å². The van der Waals surface area contributed by atoms with Crippen molar-refractivity contribution in [3.63, 3.8) is 0 Å². The summed E-state index contributed by atoms with van der Waals surface area (Å²) in [6.07, 6.45) is 4.06. The number of nitrogens with one attached hydrogen (secondary N) is 2. The Kier molecular flexibility index (Phi) is 6.23. The van der Waals surface area contributed by atoms with Crippen LogP contribution in [0.2, 0.25) is 0 Å². The predicted molar refractivity (Wildman–Crippen MR) is 92.2 cm³/mol. The van der Waals surface area contributed by atoms with Crippen molar-refractivity contribution in [1.29, 1.82) is 0 Å². The van der Waals surface area contributed by atoms with Crippen LogP contribution in [0.4, 0.5) is 0 Å². The highest BCUT2D eigenvalue weighted by Gasteiger charge is 2.02. The molecule has 0 spiro atoms. The monoisotopic (exact) mass is 313 g/mol. The van der Waals surface area contributed by atoms with Gasteiger partial charge in [0.2, 0.25) is 5.91 Å². The molecule has 6 heteroatoms. The van der Waals surface area contributed by atoms with Crippen LogP contribution in [0.1, 0.15) is 22.8 Å². The summed E-state index contributed by atoms with van der Waals surface area (Å²) in [5.74, 6) is 0.330. The molecule has 1 aromatic heterocycles. The molecule has 0 aliphatic heterocycles. The number of aromatic nitrogens is 1. The van der Waals surface area contributed by atoms with Crippen LogP contribution < -0.4 is 16.4 Å². The average molecular weight is 313 g/mol. The molecule has 2 rings (SSSR count). The molecule has 0 bridgehead atoms. The molecule has 23 heavy (non-hydrogen) atoms. The molecule has 2 aromatic rings. The Bertz CT molecular complexity index is 649. The molecule has 0 unspecified atom stereocenters. The molecular formula is C17H23N5O. The maximum absolute atomic E-state index is 11.2. The van der Waals surface area contributed by atoms with E-state index < -0.39 is 5.91 Å². The van der Waals surface area contributed by atoms with Gasteiger partial charge in [-0.05, 0) is 36.8 Å². The maximum Gasteiger partial charge on any atom is 0.248 e. The van der Waals surface area contributed by atoms with Crippen molar-refractivity contribution >= 4 is 11.9 Å². The number of rotatable bonds is 7. The number of hydrogen-bond donors (Lipinski definition) is 3. The van der Waals surface area contributed by atoms with Gasteiger partial charge in [0.05, 0.1) is 6.54 Å². The van der Waals surface area contributed by atoms with Crippen LogP contribution in [0.5, 0.6) is 0 Å². The number of primary amides is 1. The van der Waals surface area contributed by atoms with Gasteiger partial charge in [-0.15, -0.1) is 0 Å². The van der Waals surface area contributed by atoms with Gasteiger partial charge in [-0.1, -0.05) is 12.1 Å². The molecule has 0 fully saturated rings.